The number of hydrogen-bond donors (Lipinski definition) is 2. The topological polar surface area (TPSA) is 83.6 Å². The molecule has 0 saturated heterocycles. The van der Waals surface area contributed by atoms with Crippen LogP contribution < -0.4 is 9.47 Å². The summed E-state index contributed by atoms with van der Waals surface area (Å²) in [5, 5.41) is 20.8. The summed E-state index contributed by atoms with van der Waals surface area (Å²) < 4.78 is 12.0. The Morgan fingerprint density at radius 1 is 0.473 bits per heavy atom. The van der Waals surface area contributed by atoms with Crippen molar-refractivity contribution < 1.29 is 19.7 Å². The highest BCUT2D eigenvalue weighted by atomic mass is 16.5. The first kappa shape index (κ1) is 48.1. The van der Waals surface area contributed by atoms with Crippen LogP contribution in [0, 0.1) is 0 Å². The van der Waals surface area contributed by atoms with Crippen LogP contribution in [-0.4, -0.2) is 48.4 Å². The predicted molar refractivity (Wildman–Crippen MR) is 237 cm³/mol. The summed E-state index contributed by atoms with van der Waals surface area (Å²) in [5.41, 5.74) is 1.27. The van der Waals surface area contributed by atoms with E-state index in [9.17, 15) is 10.2 Å². The molecule has 0 spiro atoms. The van der Waals surface area contributed by atoms with E-state index < -0.39 is 0 Å². The number of benzene rings is 2. The van der Waals surface area contributed by atoms with Gasteiger partial charge in [0.1, 0.15) is 23.0 Å². The van der Waals surface area contributed by atoms with Crippen molar-refractivity contribution in [2.24, 2.45) is 9.98 Å². The lowest BCUT2D eigenvalue weighted by Crippen LogP contribution is -2.04. The van der Waals surface area contributed by atoms with Crippen molar-refractivity contribution in [1.82, 2.24) is 0 Å². The molecule has 0 fully saturated rings. The third-order valence-electron chi connectivity index (χ3n) is 10.6. The van der Waals surface area contributed by atoms with Crippen molar-refractivity contribution >= 4 is 12.4 Å². The van der Waals surface area contributed by atoms with Gasteiger partial charge in [-0.25, -0.2) is 0 Å². The number of unbranched alkanes of at least 4 members (excludes halogenated alkanes) is 26. The summed E-state index contributed by atoms with van der Waals surface area (Å²) in [6.07, 6.45) is 40.9. The van der Waals surface area contributed by atoms with E-state index in [0.29, 0.717) is 30.9 Å². The van der Waals surface area contributed by atoms with Gasteiger partial charge in [0, 0.05) is 23.6 Å². The minimum absolute atomic E-state index is 0.0994. The summed E-state index contributed by atoms with van der Waals surface area (Å²) in [4.78, 5) is 9.14. The molecule has 0 unspecified atom stereocenters. The maximum atomic E-state index is 10.4. The van der Waals surface area contributed by atoms with Crippen molar-refractivity contribution in [1.29, 1.82) is 0 Å². The van der Waals surface area contributed by atoms with Gasteiger partial charge in [-0.3, -0.25) is 9.98 Å². The molecule has 0 aromatic heterocycles. The molecule has 2 aromatic carbocycles. The van der Waals surface area contributed by atoms with Crippen LogP contribution in [0.1, 0.15) is 212 Å². The van der Waals surface area contributed by atoms with Crippen LogP contribution in [0.3, 0.4) is 0 Å². The highest BCUT2D eigenvalue weighted by Crippen LogP contribution is 2.24. The maximum absolute atomic E-state index is 10.4. The third-order valence-corrected chi connectivity index (χ3v) is 10.6. The normalized spacial score (nSPS) is 12.3. The molecule has 0 heterocycles. The smallest absolute Gasteiger partial charge is 0.124 e. The van der Waals surface area contributed by atoms with E-state index in [0.717, 1.165) is 24.3 Å². The Kier molecular flexibility index (Phi) is 30.0. The fourth-order valence-corrected chi connectivity index (χ4v) is 6.98. The van der Waals surface area contributed by atoms with Crippen molar-refractivity contribution in [2.45, 2.75) is 207 Å². The second-order valence-corrected chi connectivity index (χ2v) is 16.0. The second-order valence-electron chi connectivity index (χ2n) is 16.0. The molecule has 0 aliphatic carbocycles. The highest BCUT2D eigenvalue weighted by Gasteiger charge is 2.06. The van der Waals surface area contributed by atoms with Gasteiger partial charge in [-0.2, -0.15) is 0 Å². The lowest BCUT2D eigenvalue weighted by Gasteiger charge is -2.09. The van der Waals surface area contributed by atoms with Crippen molar-refractivity contribution in [3.05, 3.63) is 47.5 Å². The van der Waals surface area contributed by atoms with E-state index in [-0.39, 0.29) is 17.5 Å². The average Bonchev–Trinajstić information content (AvgIpc) is 3.19. The molecule has 2 aromatic rings. The minimum Gasteiger partial charge on any atom is -0.507 e. The molecule has 0 amide bonds. The molecule has 0 bridgehead atoms. The Hall–Kier alpha value is -3.02. The Balaban J connectivity index is 1.56. The zero-order valence-corrected chi connectivity index (χ0v) is 35.7. The largest absolute Gasteiger partial charge is 0.507 e. The molecule has 0 radical (unpaired) electrons. The SMILES string of the molecule is CCCCCCCCCCCCCCCCOc1ccc(O)c(C=NC[C@H](C)N=Cc2cc(OCCCCCCCCCCCCCCCC)ccc2O)c1. The fraction of sp³-hybridized carbons (Fsp3) is 0.714. The lowest BCUT2D eigenvalue weighted by molar-refractivity contribution is 0.303. The van der Waals surface area contributed by atoms with E-state index in [4.69, 9.17) is 9.47 Å². The van der Waals surface area contributed by atoms with E-state index in [1.807, 2.05) is 31.2 Å². The molecule has 0 aliphatic heterocycles. The average molecular weight is 763 g/mol. The molecule has 0 aliphatic rings. The van der Waals surface area contributed by atoms with Gasteiger partial charge in [0.15, 0.2) is 0 Å². The Labute approximate surface area is 338 Å². The summed E-state index contributed by atoms with van der Waals surface area (Å²) in [6, 6.07) is 10.6. The third kappa shape index (κ3) is 26.5. The van der Waals surface area contributed by atoms with E-state index in [1.165, 1.54) is 167 Å². The molecule has 312 valence electrons. The Bertz CT molecular complexity index is 1250. The first-order chi connectivity index (χ1) is 27.0. The molecule has 6 nitrogen and oxygen atoms in total. The highest BCUT2D eigenvalue weighted by molar-refractivity contribution is 5.85. The molecule has 6 heteroatoms. The van der Waals surface area contributed by atoms with Gasteiger partial charge in [-0.05, 0) is 56.2 Å². The van der Waals surface area contributed by atoms with Gasteiger partial charge < -0.3 is 19.7 Å². The van der Waals surface area contributed by atoms with Crippen LogP contribution in [0.2, 0.25) is 0 Å². The summed E-state index contributed by atoms with van der Waals surface area (Å²) >= 11 is 0. The van der Waals surface area contributed by atoms with Crippen molar-refractivity contribution in [3.63, 3.8) is 0 Å². The number of aliphatic imine (C=N–C) groups is 2. The summed E-state index contributed by atoms with van der Waals surface area (Å²) in [6.45, 7) is 8.37. The van der Waals surface area contributed by atoms with Crippen LogP contribution in [0.15, 0.2) is 46.4 Å². The zero-order chi connectivity index (χ0) is 39.4. The molecular formula is C49H82N2O4. The Morgan fingerprint density at radius 2 is 0.800 bits per heavy atom. The van der Waals surface area contributed by atoms with Gasteiger partial charge >= 0.3 is 0 Å². The molecular weight excluding hydrogens is 681 g/mol. The van der Waals surface area contributed by atoms with Crippen LogP contribution in [0.4, 0.5) is 0 Å². The van der Waals surface area contributed by atoms with Crippen molar-refractivity contribution in [2.75, 3.05) is 19.8 Å². The molecule has 0 saturated carbocycles. The number of rotatable bonds is 37. The van der Waals surface area contributed by atoms with E-state index >= 15 is 0 Å². The van der Waals surface area contributed by atoms with Crippen LogP contribution in [0.5, 0.6) is 23.0 Å². The minimum atomic E-state index is -0.0994. The number of nitrogens with zero attached hydrogens (tertiary/aromatic N) is 2. The van der Waals surface area contributed by atoms with Gasteiger partial charge in [0.2, 0.25) is 0 Å². The Morgan fingerprint density at radius 3 is 1.16 bits per heavy atom. The fourth-order valence-electron chi connectivity index (χ4n) is 6.98. The van der Waals surface area contributed by atoms with Crippen LogP contribution >= 0.6 is 0 Å². The summed E-state index contributed by atoms with van der Waals surface area (Å²) in [5.74, 6) is 1.86. The summed E-state index contributed by atoms with van der Waals surface area (Å²) in [7, 11) is 0. The molecule has 55 heavy (non-hydrogen) atoms. The number of aromatic hydroxyl groups is 2. The first-order valence-electron chi connectivity index (χ1n) is 23.0. The lowest BCUT2D eigenvalue weighted by atomic mass is 10.0. The quantitative estimate of drug-likeness (QED) is 0.0530. The van der Waals surface area contributed by atoms with Crippen LogP contribution in [0.25, 0.3) is 0 Å². The van der Waals surface area contributed by atoms with Crippen LogP contribution in [-0.2, 0) is 0 Å². The molecule has 1 atom stereocenters. The van der Waals surface area contributed by atoms with Gasteiger partial charge in [-0.15, -0.1) is 0 Å². The molecule has 2 N–H and O–H groups in total. The van der Waals surface area contributed by atoms with Gasteiger partial charge in [-0.1, -0.05) is 181 Å². The van der Waals surface area contributed by atoms with E-state index in [1.54, 1.807) is 24.6 Å². The predicted octanol–water partition coefficient (Wildman–Crippen LogP) is 14.7. The first-order valence-corrected chi connectivity index (χ1v) is 23.0. The molecule has 2 rings (SSSR count). The van der Waals surface area contributed by atoms with E-state index in [2.05, 4.69) is 23.8 Å². The number of ether oxygens (including phenoxy) is 2. The maximum Gasteiger partial charge on any atom is 0.124 e. The number of phenols is 2. The second kappa shape index (κ2) is 34.2. The standard InChI is InChI=1S/C49H82N2O4/c1-4-6-8-10-12-14-16-18-20-22-24-26-28-30-36-54-46-32-34-48(52)44(38-46)41-50-40-43(3)51-42-45-39-47(33-35-49(45)53)55-37-31-29-27-25-23-21-19-17-15-13-11-9-7-5-2/h32-35,38-39,41-43,52-53H,4-31,36-37,40H2,1-3H3/t43-/m0/s1. The van der Waals surface area contributed by atoms with Gasteiger partial charge in [0.05, 0.1) is 25.8 Å². The number of hydrogen-bond acceptors (Lipinski definition) is 6. The number of phenolic OH excluding ortho intramolecular Hbond substituents is 2. The van der Waals surface area contributed by atoms with Gasteiger partial charge in [0.25, 0.3) is 0 Å². The monoisotopic (exact) mass is 763 g/mol. The van der Waals surface area contributed by atoms with Crippen molar-refractivity contribution in [3.8, 4) is 23.0 Å². The zero-order valence-electron chi connectivity index (χ0n) is 35.7.